The third kappa shape index (κ3) is 8.13. The lowest BCUT2D eigenvalue weighted by atomic mass is 10.2. The molecular weight excluding hydrogens is 280 g/mol. The topological polar surface area (TPSA) is 105 Å². The van der Waals surface area contributed by atoms with E-state index in [1.54, 1.807) is 6.92 Å². The number of nitrogens with one attached hydrogen (secondary N) is 1. The predicted octanol–water partition coefficient (Wildman–Crippen LogP) is 0.461. The maximum absolute atomic E-state index is 12.1. The number of hydrogen-bond acceptors (Lipinski definition) is 5. The van der Waals surface area contributed by atoms with Crippen LogP contribution in [-0.2, 0) is 19.1 Å². The van der Waals surface area contributed by atoms with Crippen LogP contribution in [0.5, 0.6) is 0 Å². The van der Waals surface area contributed by atoms with Crippen LogP contribution in [0, 0.1) is 0 Å². The summed E-state index contributed by atoms with van der Waals surface area (Å²) in [5.41, 5.74) is 0. The highest BCUT2D eigenvalue weighted by Crippen LogP contribution is 2.00. The second-order valence-electron chi connectivity index (χ2n) is 4.35. The molecule has 0 saturated carbocycles. The summed E-state index contributed by atoms with van der Waals surface area (Å²) >= 11 is 0. The summed E-state index contributed by atoms with van der Waals surface area (Å²) < 4.78 is 9.66. The van der Waals surface area contributed by atoms with E-state index in [1.807, 2.05) is 6.92 Å². The minimum atomic E-state index is -1.10. The van der Waals surface area contributed by atoms with Gasteiger partial charge in [0.25, 0.3) is 0 Å². The monoisotopic (exact) mass is 304 g/mol. The molecular formula is C13H24N2O6. The van der Waals surface area contributed by atoms with Crippen LogP contribution in [0.4, 0.5) is 4.79 Å². The van der Waals surface area contributed by atoms with Gasteiger partial charge in [-0.1, -0.05) is 13.3 Å². The molecule has 0 bridgehead atoms. The lowest BCUT2D eigenvalue weighted by Gasteiger charge is -2.24. The molecule has 0 radical (unpaired) electrons. The van der Waals surface area contributed by atoms with Crippen molar-refractivity contribution in [3.05, 3.63) is 0 Å². The highest BCUT2D eigenvalue weighted by Gasteiger charge is 2.24. The number of ether oxygens (including phenoxy) is 2. The minimum absolute atomic E-state index is 0.166. The molecule has 0 aliphatic heterocycles. The van der Waals surface area contributed by atoms with Crippen molar-refractivity contribution in [2.75, 3.05) is 33.4 Å². The number of amides is 2. The SMILES string of the molecule is CCCC(NC(=O)N(CCOC)CC(=O)OCC)C(=O)O. The van der Waals surface area contributed by atoms with Crippen molar-refractivity contribution in [2.24, 2.45) is 0 Å². The summed E-state index contributed by atoms with van der Waals surface area (Å²) in [6.07, 6.45) is 0.936. The molecule has 2 amide bonds. The van der Waals surface area contributed by atoms with E-state index in [2.05, 4.69) is 5.32 Å². The van der Waals surface area contributed by atoms with E-state index < -0.39 is 24.0 Å². The van der Waals surface area contributed by atoms with Gasteiger partial charge in [0.2, 0.25) is 0 Å². The molecule has 0 saturated heterocycles. The first-order valence-corrected chi connectivity index (χ1v) is 6.89. The molecule has 0 aliphatic rings. The molecule has 0 rings (SSSR count). The second kappa shape index (κ2) is 10.9. The molecule has 0 aromatic rings. The van der Waals surface area contributed by atoms with Gasteiger partial charge in [-0.25, -0.2) is 9.59 Å². The Morgan fingerprint density at radius 2 is 1.95 bits per heavy atom. The number of carbonyl (C=O) groups is 3. The van der Waals surface area contributed by atoms with Crippen LogP contribution in [0.3, 0.4) is 0 Å². The highest BCUT2D eigenvalue weighted by atomic mass is 16.5. The van der Waals surface area contributed by atoms with Crippen molar-refractivity contribution in [3.63, 3.8) is 0 Å². The zero-order valence-electron chi connectivity index (χ0n) is 12.8. The number of methoxy groups -OCH3 is 1. The predicted molar refractivity (Wildman–Crippen MR) is 74.9 cm³/mol. The van der Waals surface area contributed by atoms with Crippen molar-refractivity contribution in [3.8, 4) is 0 Å². The molecule has 1 unspecified atom stereocenters. The average molecular weight is 304 g/mol. The number of hydrogen-bond donors (Lipinski definition) is 2. The van der Waals surface area contributed by atoms with Gasteiger partial charge in [-0.3, -0.25) is 4.79 Å². The quantitative estimate of drug-likeness (QED) is 0.568. The Hall–Kier alpha value is -1.83. The zero-order valence-corrected chi connectivity index (χ0v) is 12.8. The first kappa shape index (κ1) is 19.2. The standard InChI is InChI=1S/C13H24N2O6/c1-4-6-10(12(17)18)14-13(19)15(7-8-20-3)9-11(16)21-5-2/h10H,4-9H2,1-3H3,(H,14,19)(H,17,18). The molecule has 21 heavy (non-hydrogen) atoms. The Kier molecular flexibility index (Phi) is 9.95. The molecule has 8 heteroatoms. The van der Waals surface area contributed by atoms with Gasteiger partial charge in [0.1, 0.15) is 12.6 Å². The number of carboxylic acid groups (broad SMARTS) is 1. The molecule has 1 atom stereocenters. The van der Waals surface area contributed by atoms with Gasteiger partial charge in [0, 0.05) is 13.7 Å². The van der Waals surface area contributed by atoms with Crippen LogP contribution in [-0.4, -0.2) is 67.4 Å². The Bertz CT molecular complexity index is 348. The summed E-state index contributed by atoms with van der Waals surface area (Å²) in [6, 6.07) is -1.60. The maximum Gasteiger partial charge on any atom is 0.326 e. The normalized spacial score (nSPS) is 11.6. The van der Waals surface area contributed by atoms with E-state index in [0.717, 1.165) is 0 Å². The number of carbonyl (C=O) groups excluding carboxylic acids is 2. The van der Waals surface area contributed by atoms with Gasteiger partial charge in [0.05, 0.1) is 13.2 Å². The summed E-state index contributed by atoms with van der Waals surface area (Å²) in [7, 11) is 1.47. The van der Waals surface area contributed by atoms with Gasteiger partial charge >= 0.3 is 18.0 Å². The third-order valence-corrected chi connectivity index (χ3v) is 2.65. The minimum Gasteiger partial charge on any atom is -0.480 e. The van der Waals surface area contributed by atoms with Crippen LogP contribution >= 0.6 is 0 Å². The number of nitrogens with zero attached hydrogens (tertiary/aromatic N) is 1. The summed E-state index contributed by atoms with van der Waals surface area (Å²) in [4.78, 5) is 35.7. The third-order valence-electron chi connectivity index (χ3n) is 2.65. The molecule has 0 fully saturated rings. The van der Waals surface area contributed by atoms with Crippen molar-refractivity contribution in [1.29, 1.82) is 0 Å². The fraction of sp³-hybridized carbons (Fsp3) is 0.769. The van der Waals surface area contributed by atoms with Crippen LogP contribution < -0.4 is 5.32 Å². The van der Waals surface area contributed by atoms with Crippen molar-refractivity contribution in [1.82, 2.24) is 10.2 Å². The van der Waals surface area contributed by atoms with Crippen LogP contribution in [0.15, 0.2) is 0 Å². The lowest BCUT2D eigenvalue weighted by Crippen LogP contribution is -2.50. The molecule has 0 spiro atoms. The van der Waals surface area contributed by atoms with Gasteiger partial charge in [0.15, 0.2) is 0 Å². The molecule has 8 nitrogen and oxygen atoms in total. The molecule has 0 aliphatic carbocycles. The number of esters is 1. The van der Waals surface area contributed by atoms with Crippen LogP contribution in [0.25, 0.3) is 0 Å². The van der Waals surface area contributed by atoms with Crippen LogP contribution in [0.1, 0.15) is 26.7 Å². The van der Waals surface area contributed by atoms with Crippen molar-refractivity contribution < 1.29 is 29.0 Å². The van der Waals surface area contributed by atoms with Crippen molar-refractivity contribution in [2.45, 2.75) is 32.7 Å². The van der Waals surface area contributed by atoms with Gasteiger partial charge in [-0.05, 0) is 13.3 Å². The fourth-order valence-electron chi connectivity index (χ4n) is 1.60. The molecule has 2 N–H and O–H groups in total. The number of aliphatic carboxylic acids is 1. The smallest absolute Gasteiger partial charge is 0.326 e. The summed E-state index contributed by atoms with van der Waals surface area (Å²) in [6.45, 7) is 3.86. The average Bonchev–Trinajstić information content (AvgIpc) is 2.42. The van der Waals surface area contributed by atoms with Crippen molar-refractivity contribution >= 4 is 18.0 Å². The second-order valence-corrected chi connectivity index (χ2v) is 4.35. The number of rotatable bonds is 10. The summed E-state index contributed by atoms with van der Waals surface area (Å²) in [5, 5.41) is 11.4. The number of urea groups is 1. The zero-order chi connectivity index (χ0) is 16.3. The van der Waals surface area contributed by atoms with E-state index >= 15 is 0 Å². The molecule has 0 heterocycles. The Balaban J connectivity index is 4.67. The first-order valence-electron chi connectivity index (χ1n) is 6.89. The largest absolute Gasteiger partial charge is 0.480 e. The molecule has 122 valence electrons. The Morgan fingerprint density at radius 3 is 2.43 bits per heavy atom. The van der Waals surface area contributed by atoms with Gasteiger partial charge in [-0.15, -0.1) is 0 Å². The molecule has 0 aromatic carbocycles. The maximum atomic E-state index is 12.1. The number of carboxylic acids is 1. The van der Waals surface area contributed by atoms with Crippen LogP contribution in [0.2, 0.25) is 0 Å². The van der Waals surface area contributed by atoms with E-state index in [4.69, 9.17) is 14.6 Å². The first-order chi connectivity index (χ1) is 9.96. The van der Waals surface area contributed by atoms with E-state index in [9.17, 15) is 14.4 Å². The summed E-state index contributed by atoms with van der Waals surface area (Å²) in [5.74, 6) is -1.65. The van der Waals surface area contributed by atoms with Gasteiger partial charge in [-0.2, -0.15) is 0 Å². The Morgan fingerprint density at radius 1 is 1.29 bits per heavy atom. The Labute approximate surface area is 124 Å². The van der Waals surface area contributed by atoms with E-state index in [-0.39, 0.29) is 26.3 Å². The van der Waals surface area contributed by atoms with E-state index in [0.29, 0.717) is 12.8 Å². The molecule has 0 aromatic heterocycles. The van der Waals surface area contributed by atoms with E-state index in [1.165, 1.54) is 12.0 Å². The lowest BCUT2D eigenvalue weighted by molar-refractivity contribution is -0.143. The fourth-order valence-corrected chi connectivity index (χ4v) is 1.60. The highest BCUT2D eigenvalue weighted by molar-refractivity contribution is 5.85. The van der Waals surface area contributed by atoms with Gasteiger partial charge < -0.3 is 24.8 Å².